The molecule has 0 saturated heterocycles. The van der Waals surface area contributed by atoms with E-state index < -0.39 is 47.4 Å². The average Bonchev–Trinajstić information content (AvgIpc) is 2.61. The third kappa shape index (κ3) is 166. The van der Waals surface area contributed by atoms with E-state index in [0.717, 1.165) is 25.9 Å². The molecule has 0 spiro atoms. The standard InChI is InChI=1S/C4H12N2.4C2H3ClO2.2H3N.2Pt/c5-3-1-2-4-6;4*3-1-2(4)5;;;;/h1-6H2;4*1H2,(H,4,5);2*1H3;;/q;;;;;;;2*+4/p-4. The Morgan fingerprint density at radius 3 is 0.667 bits per heavy atom. The molecule has 0 unspecified atom stereocenters. The van der Waals surface area contributed by atoms with Crippen LogP contribution in [0, 0.1) is 0 Å². The third-order valence-corrected chi connectivity index (χ3v) is 1.97. The second-order valence-corrected chi connectivity index (χ2v) is 4.38. The van der Waals surface area contributed by atoms with Crippen LogP contribution in [-0.4, -0.2) is 60.5 Å². The van der Waals surface area contributed by atoms with Gasteiger partial charge in [-0.2, -0.15) is 0 Å². The maximum absolute atomic E-state index is 9.12. The van der Waals surface area contributed by atoms with Gasteiger partial charge in [0, 0.05) is 0 Å². The van der Waals surface area contributed by atoms with E-state index in [2.05, 4.69) is 46.4 Å². The SMILES string of the molecule is N.N.NCCCCN.O=C([O-])CCl.O=C([O-])CCl.O=C([O-])CCl.O=C([O-])CCl.[Pt+4].[Pt+4]. The van der Waals surface area contributed by atoms with E-state index in [0.29, 0.717) is 0 Å². The predicted molar refractivity (Wildman–Crippen MR) is 100 cm³/mol. The van der Waals surface area contributed by atoms with Crippen LogP contribution in [0.1, 0.15) is 12.8 Å². The van der Waals surface area contributed by atoms with Crippen molar-refractivity contribution in [2.45, 2.75) is 12.8 Å². The van der Waals surface area contributed by atoms with Gasteiger partial charge in [-0.15, -0.1) is 46.4 Å². The van der Waals surface area contributed by atoms with Crippen LogP contribution < -0.4 is 44.2 Å². The first-order valence-corrected chi connectivity index (χ1v) is 8.57. The molecular formula is C12H26Cl4N4O8Pt2+4. The van der Waals surface area contributed by atoms with Gasteiger partial charge in [-0.25, -0.2) is 0 Å². The van der Waals surface area contributed by atoms with Crippen molar-refractivity contribution in [3.05, 3.63) is 0 Å². The van der Waals surface area contributed by atoms with Crippen LogP contribution in [-0.2, 0) is 61.3 Å². The molecule has 0 atom stereocenters. The summed E-state index contributed by atoms with van der Waals surface area (Å²) < 4.78 is 0. The van der Waals surface area contributed by atoms with Crippen molar-refractivity contribution < 1.29 is 81.7 Å². The fourth-order valence-electron chi connectivity index (χ4n) is 0.289. The van der Waals surface area contributed by atoms with Crippen LogP contribution in [0.3, 0.4) is 0 Å². The van der Waals surface area contributed by atoms with Crippen molar-refractivity contribution >= 4 is 70.3 Å². The Morgan fingerprint density at radius 1 is 0.533 bits per heavy atom. The van der Waals surface area contributed by atoms with Gasteiger partial charge in [-0.05, 0) is 25.9 Å². The summed E-state index contributed by atoms with van der Waals surface area (Å²) >= 11 is 18.7. The van der Waals surface area contributed by atoms with Crippen molar-refractivity contribution in [1.29, 1.82) is 0 Å². The van der Waals surface area contributed by atoms with Crippen molar-refractivity contribution in [1.82, 2.24) is 12.3 Å². The monoisotopic (exact) mass is 884 g/mol. The summed E-state index contributed by atoms with van der Waals surface area (Å²) in [6.07, 6.45) is 2.13. The van der Waals surface area contributed by atoms with Crippen molar-refractivity contribution in [3.63, 3.8) is 0 Å². The fraction of sp³-hybridized carbons (Fsp3) is 0.667. The summed E-state index contributed by atoms with van der Waals surface area (Å²) in [6, 6.07) is 0. The molecule has 0 aliphatic carbocycles. The number of carbonyl (C=O) groups excluding carboxylic acids is 4. The second-order valence-electron chi connectivity index (χ2n) is 3.31. The topological polar surface area (TPSA) is 283 Å². The van der Waals surface area contributed by atoms with Crippen LogP contribution in [0.4, 0.5) is 0 Å². The van der Waals surface area contributed by atoms with Crippen LogP contribution in [0.15, 0.2) is 0 Å². The number of rotatable bonds is 7. The molecule has 0 aliphatic heterocycles. The Balaban J connectivity index is -0.0000000254. The zero-order valence-electron chi connectivity index (χ0n) is 15.6. The number of unbranched alkanes of at least 4 members (excludes halogenated alkanes) is 1. The van der Waals surface area contributed by atoms with E-state index >= 15 is 0 Å². The van der Waals surface area contributed by atoms with E-state index in [4.69, 9.17) is 51.1 Å². The second kappa shape index (κ2) is 56.9. The number of carbonyl (C=O) groups is 4. The summed E-state index contributed by atoms with van der Waals surface area (Å²) in [5.74, 6) is -6.59. The van der Waals surface area contributed by atoms with E-state index in [1.807, 2.05) is 0 Å². The molecule has 0 saturated carbocycles. The Morgan fingerprint density at radius 2 is 0.633 bits per heavy atom. The molecule has 0 aromatic carbocycles. The minimum absolute atomic E-state index is 0. The minimum atomic E-state index is -1.23. The smallest absolute Gasteiger partial charge is 0.549 e. The third-order valence-electron chi connectivity index (χ3n) is 1.09. The van der Waals surface area contributed by atoms with Gasteiger partial charge in [0.05, 0.1) is 47.4 Å². The van der Waals surface area contributed by atoms with E-state index in [1.165, 1.54) is 0 Å². The largest absolute Gasteiger partial charge is 4.00 e. The van der Waals surface area contributed by atoms with Gasteiger partial charge >= 0.3 is 42.1 Å². The van der Waals surface area contributed by atoms with Gasteiger partial charge in [0.2, 0.25) is 0 Å². The number of halogens is 4. The quantitative estimate of drug-likeness (QED) is 0.140. The molecule has 0 rings (SSSR count). The zero-order chi connectivity index (χ0) is 22.0. The molecule has 12 nitrogen and oxygen atoms in total. The Hall–Kier alpha value is 0.257. The maximum atomic E-state index is 9.12. The molecule has 0 aliphatic rings. The number of carboxylic acid groups (broad SMARTS) is 4. The van der Waals surface area contributed by atoms with Crippen molar-refractivity contribution in [2.24, 2.45) is 11.5 Å². The molecule has 0 aromatic heterocycles. The van der Waals surface area contributed by atoms with Gasteiger partial charge in [-0.3, -0.25) is 0 Å². The van der Waals surface area contributed by atoms with Crippen LogP contribution >= 0.6 is 46.4 Å². The van der Waals surface area contributed by atoms with E-state index in [1.54, 1.807) is 0 Å². The van der Waals surface area contributed by atoms with Gasteiger partial charge in [0.25, 0.3) is 0 Å². The molecule has 30 heavy (non-hydrogen) atoms. The number of carboxylic acids is 4. The molecule has 0 radical (unpaired) electrons. The first kappa shape index (κ1) is 57.3. The average molecular weight is 886 g/mol. The normalized spacial score (nSPS) is 6.73. The number of hydrogen-bond acceptors (Lipinski definition) is 12. The van der Waals surface area contributed by atoms with Crippen LogP contribution in [0.5, 0.6) is 0 Å². The molecule has 186 valence electrons. The molecule has 10 N–H and O–H groups in total. The number of nitrogens with two attached hydrogens (primary N) is 2. The zero-order valence-corrected chi connectivity index (χ0v) is 23.2. The first-order chi connectivity index (χ1) is 12.0. The fourth-order valence-corrected chi connectivity index (χ4v) is 0.289. The van der Waals surface area contributed by atoms with Gasteiger partial charge < -0.3 is 63.4 Å². The summed E-state index contributed by atoms with van der Waals surface area (Å²) in [6.45, 7) is 1.55. The Bertz CT molecular complexity index is 306. The molecule has 0 heterocycles. The number of alkyl halides is 4. The van der Waals surface area contributed by atoms with E-state index in [-0.39, 0.29) is 54.4 Å². The maximum Gasteiger partial charge on any atom is 4.00 e. The Kier molecular flexibility index (Phi) is 109. The van der Waals surface area contributed by atoms with Crippen LogP contribution in [0.2, 0.25) is 0 Å². The Labute approximate surface area is 224 Å². The van der Waals surface area contributed by atoms with Crippen molar-refractivity contribution in [3.8, 4) is 0 Å². The predicted octanol–water partition coefficient (Wildman–Crippen LogP) is -4.10. The van der Waals surface area contributed by atoms with Gasteiger partial charge in [0.1, 0.15) is 0 Å². The first-order valence-electron chi connectivity index (χ1n) is 6.43. The summed E-state index contributed by atoms with van der Waals surface area (Å²) in [7, 11) is 0. The summed E-state index contributed by atoms with van der Waals surface area (Å²) in [4.78, 5) is 36.5. The van der Waals surface area contributed by atoms with Crippen molar-refractivity contribution in [2.75, 3.05) is 36.6 Å². The summed E-state index contributed by atoms with van der Waals surface area (Å²) in [5, 5.41) is 36.5. The van der Waals surface area contributed by atoms with Gasteiger partial charge in [-0.1, -0.05) is 0 Å². The number of hydrogen-bond donors (Lipinski definition) is 4. The molecule has 18 heteroatoms. The summed E-state index contributed by atoms with van der Waals surface area (Å²) in [5.41, 5.74) is 10.3. The minimum Gasteiger partial charge on any atom is -0.549 e. The molecule has 0 fully saturated rings. The molecule has 0 aromatic rings. The molecule has 0 amide bonds. The van der Waals surface area contributed by atoms with Gasteiger partial charge in [0.15, 0.2) is 0 Å². The van der Waals surface area contributed by atoms with E-state index in [9.17, 15) is 0 Å². The molecular weight excluding hydrogens is 860 g/mol. The van der Waals surface area contributed by atoms with Crippen LogP contribution in [0.25, 0.3) is 0 Å². The number of aliphatic carboxylic acids is 4. The molecule has 0 bridgehead atoms.